The Bertz CT molecular complexity index is 1150. The smallest absolute Gasteiger partial charge is 0.258 e. The third-order valence-corrected chi connectivity index (χ3v) is 5.96. The van der Waals surface area contributed by atoms with Crippen molar-refractivity contribution in [3.63, 3.8) is 0 Å². The molecule has 9 heteroatoms. The van der Waals surface area contributed by atoms with E-state index in [1.54, 1.807) is 16.7 Å². The largest absolute Gasteiger partial charge is 0.354 e. The number of aryl methyl sites for hydroxylation is 1. The summed E-state index contributed by atoms with van der Waals surface area (Å²) >= 11 is 2.98. The molecule has 0 aromatic carbocycles. The van der Waals surface area contributed by atoms with E-state index in [9.17, 15) is 4.79 Å². The van der Waals surface area contributed by atoms with Gasteiger partial charge in [0.15, 0.2) is 10.1 Å². The molecule has 0 fully saturated rings. The van der Waals surface area contributed by atoms with Gasteiger partial charge in [-0.25, -0.2) is 4.98 Å². The van der Waals surface area contributed by atoms with Crippen LogP contribution in [0.4, 0.5) is 0 Å². The number of allylic oxidation sites excluding steroid dienone is 1. The van der Waals surface area contributed by atoms with Crippen LogP contribution < -0.4 is 5.56 Å². The van der Waals surface area contributed by atoms with Crippen molar-refractivity contribution >= 4 is 28.1 Å². The highest BCUT2D eigenvalue weighted by Gasteiger charge is 2.14. The van der Waals surface area contributed by atoms with Crippen molar-refractivity contribution in [2.24, 2.45) is 7.05 Å². The Hall–Kier alpha value is -2.65. The highest BCUT2D eigenvalue weighted by atomic mass is 32.2. The summed E-state index contributed by atoms with van der Waals surface area (Å²) in [5, 5.41) is 11.4. The van der Waals surface area contributed by atoms with Crippen LogP contribution in [-0.4, -0.2) is 28.7 Å². The molecule has 0 unspecified atom stereocenters. The predicted molar refractivity (Wildman–Crippen MR) is 107 cm³/mol. The summed E-state index contributed by atoms with van der Waals surface area (Å²) in [6, 6.07) is 5.67. The maximum atomic E-state index is 12.1. The van der Waals surface area contributed by atoms with E-state index in [1.807, 2.05) is 30.8 Å². The topological polar surface area (TPSA) is 70.0 Å². The molecule has 0 aliphatic heterocycles. The summed E-state index contributed by atoms with van der Waals surface area (Å²) in [5.41, 5.74) is 1.85. The molecule has 0 atom stereocenters. The van der Waals surface area contributed by atoms with Gasteiger partial charge in [-0.05, 0) is 12.1 Å². The van der Waals surface area contributed by atoms with Gasteiger partial charge in [-0.2, -0.15) is 0 Å². The highest BCUT2D eigenvalue weighted by molar-refractivity contribution is 7.98. The molecule has 138 valence electrons. The number of nitrogens with zero attached hydrogens (tertiary/aromatic N) is 6. The number of hydrogen-bond donors (Lipinski definition) is 0. The van der Waals surface area contributed by atoms with Gasteiger partial charge in [0.1, 0.15) is 5.82 Å². The zero-order valence-electron chi connectivity index (χ0n) is 14.8. The summed E-state index contributed by atoms with van der Waals surface area (Å²) in [4.78, 5) is 17.4. The predicted octanol–water partition coefficient (Wildman–Crippen LogP) is 2.76. The fourth-order valence-corrected chi connectivity index (χ4v) is 4.41. The Labute approximate surface area is 164 Å². The lowest BCUT2D eigenvalue weighted by Gasteiger charge is -2.08. The first-order valence-corrected chi connectivity index (χ1v) is 10.2. The van der Waals surface area contributed by atoms with Gasteiger partial charge in [0.05, 0.1) is 5.69 Å². The SMILES string of the molecule is C=CCn1c(Cc2cccn2C)nnc1SCc1cc(=O)n2ccsc2n1. The maximum absolute atomic E-state index is 12.1. The van der Waals surface area contributed by atoms with Gasteiger partial charge in [-0.1, -0.05) is 17.8 Å². The van der Waals surface area contributed by atoms with Gasteiger partial charge in [-0.3, -0.25) is 9.20 Å². The Morgan fingerprint density at radius 3 is 3.00 bits per heavy atom. The molecule has 0 bridgehead atoms. The van der Waals surface area contributed by atoms with Crippen LogP contribution in [0.2, 0.25) is 0 Å². The number of fused-ring (bicyclic) bond motifs is 1. The van der Waals surface area contributed by atoms with E-state index in [2.05, 4.69) is 37.0 Å². The lowest BCUT2D eigenvalue weighted by atomic mass is 10.3. The number of aromatic nitrogens is 6. The normalized spacial score (nSPS) is 11.3. The third-order valence-electron chi connectivity index (χ3n) is 4.20. The molecule has 0 aliphatic rings. The molecule has 0 spiro atoms. The summed E-state index contributed by atoms with van der Waals surface area (Å²) < 4.78 is 5.69. The zero-order chi connectivity index (χ0) is 18.8. The molecular weight excluding hydrogens is 380 g/mol. The summed E-state index contributed by atoms with van der Waals surface area (Å²) in [7, 11) is 2.02. The van der Waals surface area contributed by atoms with E-state index in [0.29, 0.717) is 23.7 Å². The molecular formula is C18H18N6OS2. The molecule has 0 aliphatic carbocycles. The monoisotopic (exact) mass is 398 g/mol. The lowest BCUT2D eigenvalue weighted by Crippen LogP contribution is -2.12. The van der Waals surface area contributed by atoms with E-state index < -0.39 is 0 Å². The molecule has 7 nitrogen and oxygen atoms in total. The first-order valence-electron chi connectivity index (χ1n) is 8.37. The molecule has 27 heavy (non-hydrogen) atoms. The van der Waals surface area contributed by atoms with Crippen molar-refractivity contribution in [2.45, 2.75) is 23.9 Å². The molecule has 0 N–H and O–H groups in total. The minimum absolute atomic E-state index is 0.0613. The van der Waals surface area contributed by atoms with Crippen LogP contribution in [0.5, 0.6) is 0 Å². The quantitative estimate of drug-likeness (QED) is 0.354. The van der Waals surface area contributed by atoms with Crippen molar-refractivity contribution in [2.75, 3.05) is 0 Å². The highest BCUT2D eigenvalue weighted by Crippen LogP contribution is 2.22. The second-order valence-corrected chi connectivity index (χ2v) is 7.83. The Kier molecular flexibility index (Phi) is 4.95. The Morgan fingerprint density at radius 1 is 1.33 bits per heavy atom. The van der Waals surface area contributed by atoms with E-state index in [4.69, 9.17) is 0 Å². The maximum Gasteiger partial charge on any atom is 0.258 e. The van der Waals surface area contributed by atoms with Crippen molar-refractivity contribution in [1.29, 1.82) is 0 Å². The standard InChI is InChI=1S/C18H18N6OS2/c1-3-6-23-15(11-14-5-4-7-22(14)2)20-21-18(23)27-12-13-10-16(25)24-8-9-26-17(24)19-13/h3-5,7-10H,1,6,11-12H2,2H3. The van der Waals surface area contributed by atoms with Gasteiger partial charge in [0, 0.05) is 55.3 Å². The Morgan fingerprint density at radius 2 is 2.22 bits per heavy atom. The summed E-state index contributed by atoms with van der Waals surface area (Å²) in [6.07, 6.45) is 6.29. The van der Waals surface area contributed by atoms with Crippen LogP contribution in [0.3, 0.4) is 0 Å². The van der Waals surface area contributed by atoms with E-state index in [0.717, 1.165) is 16.7 Å². The summed E-state index contributed by atoms with van der Waals surface area (Å²) in [6.45, 7) is 4.48. The van der Waals surface area contributed by atoms with Crippen LogP contribution in [0, 0.1) is 0 Å². The molecule has 4 heterocycles. The molecule has 4 aromatic heterocycles. The Balaban J connectivity index is 1.56. The van der Waals surface area contributed by atoms with Crippen molar-refractivity contribution in [3.8, 4) is 0 Å². The fourth-order valence-electron chi connectivity index (χ4n) is 2.81. The van der Waals surface area contributed by atoms with Crippen molar-refractivity contribution in [1.82, 2.24) is 28.7 Å². The summed E-state index contributed by atoms with van der Waals surface area (Å²) in [5.74, 6) is 1.45. The minimum Gasteiger partial charge on any atom is -0.354 e. The number of rotatable bonds is 7. The van der Waals surface area contributed by atoms with E-state index >= 15 is 0 Å². The number of thioether (sulfide) groups is 1. The first kappa shape index (κ1) is 17.7. The molecule has 0 amide bonds. The van der Waals surface area contributed by atoms with Gasteiger partial charge in [0.2, 0.25) is 0 Å². The lowest BCUT2D eigenvalue weighted by molar-refractivity contribution is 0.681. The zero-order valence-corrected chi connectivity index (χ0v) is 16.4. The van der Waals surface area contributed by atoms with Gasteiger partial charge < -0.3 is 9.13 Å². The van der Waals surface area contributed by atoms with Gasteiger partial charge in [0.25, 0.3) is 5.56 Å². The average Bonchev–Trinajstić information content (AvgIpc) is 3.36. The third kappa shape index (κ3) is 3.60. The average molecular weight is 399 g/mol. The second kappa shape index (κ2) is 7.53. The fraction of sp³-hybridized carbons (Fsp3) is 0.222. The van der Waals surface area contributed by atoms with Crippen LogP contribution in [0.25, 0.3) is 4.96 Å². The van der Waals surface area contributed by atoms with Crippen molar-refractivity contribution < 1.29 is 0 Å². The molecule has 4 aromatic rings. The minimum atomic E-state index is -0.0613. The number of thiazole rings is 1. The van der Waals surface area contributed by atoms with Crippen LogP contribution in [-0.2, 0) is 25.8 Å². The van der Waals surface area contributed by atoms with E-state index in [-0.39, 0.29) is 5.56 Å². The van der Waals surface area contributed by atoms with Gasteiger partial charge in [-0.15, -0.1) is 28.1 Å². The molecule has 0 saturated carbocycles. The van der Waals surface area contributed by atoms with Crippen LogP contribution in [0.15, 0.2) is 58.6 Å². The van der Waals surface area contributed by atoms with E-state index in [1.165, 1.54) is 28.8 Å². The second-order valence-electron chi connectivity index (χ2n) is 6.02. The molecule has 4 rings (SSSR count). The molecule has 0 radical (unpaired) electrons. The van der Waals surface area contributed by atoms with Crippen LogP contribution >= 0.6 is 23.1 Å². The number of hydrogen-bond acceptors (Lipinski definition) is 6. The van der Waals surface area contributed by atoms with Crippen LogP contribution in [0.1, 0.15) is 17.2 Å². The van der Waals surface area contributed by atoms with Gasteiger partial charge >= 0.3 is 0 Å². The van der Waals surface area contributed by atoms with Crippen molar-refractivity contribution in [3.05, 3.63) is 76.2 Å². The molecule has 0 saturated heterocycles. The first-order chi connectivity index (χ1) is 13.2.